The van der Waals surface area contributed by atoms with Crippen molar-refractivity contribution in [2.75, 3.05) is 14.2 Å². The van der Waals surface area contributed by atoms with E-state index < -0.39 is 34.5 Å². The number of rotatable bonds is 11. The quantitative estimate of drug-likeness (QED) is 0.372. The maximum Gasteiger partial charge on any atom is 0.328 e. The highest BCUT2D eigenvalue weighted by atomic mass is 33.1. The number of carbonyl (C=O) groups is 4. The van der Waals surface area contributed by atoms with E-state index >= 15 is 0 Å². The predicted octanol–water partition coefficient (Wildman–Crippen LogP) is 1.77. The van der Waals surface area contributed by atoms with E-state index in [0.717, 1.165) is 0 Å². The van der Waals surface area contributed by atoms with Gasteiger partial charge in [0, 0.05) is 0 Å². The first-order valence-corrected chi connectivity index (χ1v) is 11.3. The lowest BCUT2D eigenvalue weighted by atomic mass is 10.0. The topological polar surface area (TPSA) is 111 Å². The highest BCUT2D eigenvalue weighted by molar-refractivity contribution is 8.77. The molecule has 0 heterocycles. The number of methoxy groups -OCH3 is 2. The summed E-state index contributed by atoms with van der Waals surface area (Å²) in [5.74, 6) is -1.85. The molecule has 0 bridgehead atoms. The van der Waals surface area contributed by atoms with E-state index in [-0.39, 0.29) is 23.7 Å². The van der Waals surface area contributed by atoms with Gasteiger partial charge in [-0.05, 0) is 25.7 Å². The van der Waals surface area contributed by atoms with Gasteiger partial charge in [-0.2, -0.15) is 0 Å². The van der Waals surface area contributed by atoms with Crippen molar-refractivity contribution < 1.29 is 28.7 Å². The zero-order valence-corrected chi connectivity index (χ0v) is 19.4. The van der Waals surface area contributed by atoms with Gasteiger partial charge in [-0.15, -0.1) is 0 Å². The molecule has 0 rings (SSSR count). The molecule has 0 aromatic heterocycles. The Balaban J connectivity index is 4.69. The normalized spacial score (nSPS) is 15.4. The van der Waals surface area contributed by atoms with E-state index in [2.05, 4.69) is 10.6 Å². The summed E-state index contributed by atoms with van der Waals surface area (Å²) in [7, 11) is 4.99. The summed E-state index contributed by atoms with van der Waals surface area (Å²) in [5.41, 5.74) is 0. The lowest BCUT2D eigenvalue weighted by molar-refractivity contribution is -0.146. The molecular formula is C18H32N2O6S2. The van der Waals surface area contributed by atoms with E-state index in [9.17, 15) is 19.2 Å². The molecule has 0 aliphatic rings. The van der Waals surface area contributed by atoms with Gasteiger partial charge in [0.2, 0.25) is 11.8 Å². The van der Waals surface area contributed by atoms with Crippen LogP contribution in [0.5, 0.6) is 0 Å². The average Bonchev–Trinajstić information content (AvgIpc) is 2.65. The minimum Gasteiger partial charge on any atom is -0.467 e. The van der Waals surface area contributed by atoms with Gasteiger partial charge in [0.05, 0.1) is 24.7 Å². The van der Waals surface area contributed by atoms with Crippen molar-refractivity contribution in [2.24, 2.45) is 11.8 Å². The standard InChI is InChI=1S/C18H32N2O6S2/c1-9(2)13(17(23)25-7)19-15(21)11(5)27-28-12(6)16(22)20-14(10(3)4)18(24)26-8/h9-14H,1-8H3,(H,19,21)(H,20,22). The fraction of sp³-hybridized carbons (Fsp3) is 0.778. The average molecular weight is 437 g/mol. The number of ether oxygens (including phenoxy) is 2. The van der Waals surface area contributed by atoms with E-state index in [4.69, 9.17) is 9.47 Å². The fourth-order valence-corrected chi connectivity index (χ4v) is 4.21. The van der Waals surface area contributed by atoms with Gasteiger partial charge in [-0.1, -0.05) is 49.3 Å². The van der Waals surface area contributed by atoms with Crippen LogP contribution in [0.1, 0.15) is 41.5 Å². The Morgan fingerprint density at radius 3 is 1.14 bits per heavy atom. The lowest BCUT2D eigenvalue weighted by Gasteiger charge is -2.23. The van der Waals surface area contributed by atoms with Crippen molar-refractivity contribution >= 4 is 45.3 Å². The number of hydrogen-bond donors (Lipinski definition) is 2. The van der Waals surface area contributed by atoms with Gasteiger partial charge >= 0.3 is 11.9 Å². The number of nitrogens with one attached hydrogen (secondary N) is 2. The molecular weight excluding hydrogens is 404 g/mol. The molecule has 8 nitrogen and oxygen atoms in total. The maximum absolute atomic E-state index is 12.3. The first-order valence-electron chi connectivity index (χ1n) is 9.04. The second-order valence-electron chi connectivity index (χ2n) is 6.98. The second-order valence-corrected chi connectivity index (χ2v) is 9.94. The smallest absolute Gasteiger partial charge is 0.328 e. The van der Waals surface area contributed by atoms with Gasteiger partial charge in [0.15, 0.2) is 0 Å². The van der Waals surface area contributed by atoms with Crippen LogP contribution in [0, 0.1) is 11.8 Å². The van der Waals surface area contributed by atoms with E-state index in [1.165, 1.54) is 35.8 Å². The summed E-state index contributed by atoms with van der Waals surface area (Å²) in [5, 5.41) is 4.37. The molecule has 4 atom stereocenters. The zero-order valence-electron chi connectivity index (χ0n) is 17.7. The molecule has 162 valence electrons. The molecule has 0 aromatic carbocycles. The number of amides is 2. The molecule has 0 saturated carbocycles. The highest BCUT2D eigenvalue weighted by Gasteiger charge is 2.29. The van der Waals surface area contributed by atoms with Crippen LogP contribution in [-0.2, 0) is 28.7 Å². The lowest BCUT2D eigenvalue weighted by Crippen LogP contribution is -2.48. The predicted molar refractivity (Wildman–Crippen MR) is 112 cm³/mol. The summed E-state index contributed by atoms with van der Waals surface area (Å²) in [6, 6.07) is -1.45. The molecule has 0 spiro atoms. The Bertz CT molecular complexity index is 508. The molecule has 0 fully saturated rings. The Morgan fingerprint density at radius 2 is 0.929 bits per heavy atom. The van der Waals surface area contributed by atoms with Crippen LogP contribution in [0.25, 0.3) is 0 Å². The molecule has 10 heteroatoms. The summed E-state index contributed by atoms with van der Waals surface area (Å²) < 4.78 is 9.42. The monoisotopic (exact) mass is 436 g/mol. The van der Waals surface area contributed by atoms with Crippen LogP contribution in [0.2, 0.25) is 0 Å². The Kier molecular flexibility index (Phi) is 12.3. The van der Waals surface area contributed by atoms with Gasteiger partial charge in [0.1, 0.15) is 12.1 Å². The van der Waals surface area contributed by atoms with Crippen LogP contribution < -0.4 is 10.6 Å². The molecule has 2 N–H and O–H groups in total. The fourth-order valence-electron chi connectivity index (χ4n) is 2.04. The third-order valence-electron chi connectivity index (χ3n) is 3.92. The molecule has 0 aliphatic carbocycles. The highest BCUT2D eigenvalue weighted by Crippen LogP contribution is 2.31. The molecule has 0 aliphatic heterocycles. The minimum atomic E-state index is -0.724. The zero-order chi connectivity index (χ0) is 22.0. The molecule has 4 unspecified atom stereocenters. The molecule has 0 saturated heterocycles. The largest absolute Gasteiger partial charge is 0.467 e. The van der Waals surface area contributed by atoms with Crippen LogP contribution in [-0.4, -0.2) is 60.6 Å². The summed E-state index contributed by atoms with van der Waals surface area (Å²) in [4.78, 5) is 48.2. The summed E-state index contributed by atoms with van der Waals surface area (Å²) >= 11 is 0. The van der Waals surface area contributed by atoms with Gasteiger partial charge in [-0.3, -0.25) is 9.59 Å². The number of carbonyl (C=O) groups excluding carboxylic acids is 4. The summed E-state index contributed by atoms with van der Waals surface area (Å²) in [6.45, 7) is 10.6. The van der Waals surface area contributed by atoms with Crippen molar-refractivity contribution in [2.45, 2.75) is 64.1 Å². The van der Waals surface area contributed by atoms with Crippen LogP contribution >= 0.6 is 21.6 Å². The SMILES string of the molecule is COC(=O)C(NC(=O)C(C)SSC(C)C(=O)NC(C(=O)OC)C(C)C)C(C)C. The minimum absolute atomic E-state index is 0.114. The number of esters is 2. The summed E-state index contributed by atoms with van der Waals surface area (Å²) in [6.07, 6.45) is 0. The van der Waals surface area contributed by atoms with Crippen molar-refractivity contribution in [3.63, 3.8) is 0 Å². The van der Waals surface area contributed by atoms with Gasteiger partial charge < -0.3 is 20.1 Å². The Morgan fingerprint density at radius 1 is 0.643 bits per heavy atom. The molecule has 2 amide bonds. The first-order chi connectivity index (χ1) is 13.0. The van der Waals surface area contributed by atoms with E-state index in [1.54, 1.807) is 13.8 Å². The van der Waals surface area contributed by atoms with Crippen LogP contribution in [0.4, 0.5) is 0 Å². The van der Waals surface area contributed by atoms with Crippen molar-refractivity contribution in [3.8, 4) is 0 Å². The maximum atomic E-state index is 12.3. The van der Waals surface area contributed by atoms with Gasteiger partial charge in [-0.25, -0.2) is 9.59 Å². The molecule has 28 heavy (non-hydrogen) atoms. The van der Waals surface area contributed by atoms with E-state index in [0.29, 0.717) is 0 Å². The molecule has 0 radical (unpaired) electrons. The van der Waals surface area contributed by atoms with Gasteiger partial charge in [0.25, 0.3) is 0 Å². The Labute approximate surface area is 175 Å². The van der Waals surface area contributed by atoms with Crippen molar-refractivity contribution in [3.05, 3.63) is 0 Å². The number of hydrogen-bond acceptors (Lipinski definition) is 8. The first kappa shape index (κ1) is 26.6. The van der Waals surface area contributed by atoms with Crippen LogP contribution in [0.15, 0.2) is 0 Å². The molecule has 0 aromatic rings. The third-order valence-corrected chi connectivity index (χ3v) is 7.10. The third kappa shape index (κ3) is 8.72. The second kappa shape index (κ2) is 12.9. The van der Waals surface area contributed by atoms with Crippen molar-refractivity contribution in [1.29, 1.82) is 0 Å². The Hall–Kier alpha value is -1.42. The van der Waals surface area contributed by atoms with Crippen LogP contribution in [0.3, 0.4) is 0 Å². The van der Waals surface area contributed by atoms with Crippen molar-refractivity contribution in [1.82, 2.24) is 10.6 Å². The van der Waals surface area contributed by atoms with E-state index in [1.807, 2.05) is 27.7 Å².